The molecule has 8 N–H and O–H groups in total. The molecule has 0 saturated heterocycles. The molecule has 6 aromatic carbocycles. The molecule has 14 nitrogen and oxygen atoms in total. The van der Waals surface area contributed by atoms with Crippen molar-refractivity contribution in [2.75, 3.05) is 42.7 Å². The summed E-state index contributed by atoms with van der Waals surface area (Å²) in [7, 11) is 9.07. The highest BCUT2D eigenvalue weighted by Crippen LogP contribution is 2.49. The van der Waals surface area contributed by atoms with Crippen molar-refractivity contribution in [3.05, 3.63) is 175 Å². The van der Waals surface area contributed by atoms with Gasteiger partial charge in [-0.2, -0.15) is 0 Å². The van der Waals surface area contributed by atoms with Crippen LogP contribution in [0.15, 0.2) is 103 Å². The molecule has 0 radical (unpaired) electrons. The molecule has 0 aliphatic carbocycles. The minimum Gasteiger partial charge on any atom is -0.497 e. The smallest absolute Gasteiger partial charge is 0.148 e. The van der Waals surface area contributed by atoms with Crippen LogP contribution in [0.5, 0.6) is 34.5 Å². The number of rotatable bonds is 18. The van der Waals surface area contributed by atoms with Crippen molar-refractivity contribution in [3.8, 4) is 34.5 Å². The SMILES string of the molecule is COc1ccc(C(O)(c2ccc(CO)cc2CO)c2c(CO)cc(CO)cc2OC)c(OC)c1.COc1ccc(C(O)(c2ccc(CO)cc2CO)c2ccc(OC)cc2OC)c(C)c1. The predicted molar refractivity (Wildman–Crippen MR) is 242 cm³/mol. The Morgan fingerprint density at radius 1 is 0.354 bits per heavy atom. The molecule has 0 heterocycles. The molecule has 0 spiro atoms. The first-order valence-electron chi connectivity index (χ1n) is 20.5. The summed E-state index contributed by atoms with van der Waals surface area (Å²) in [6.45, 7) is 0.00571. The number of aliphatic hydroxyl groups excluding tert-OH is 6. The number of methoxy groups -OCH3 is 6. The third-order valence-electron chi connectivity index (χ3n) is 11.4. The van der Waals surface area contributed by atoms with Crippen molar-refractivity contribution in [2.45, 2.75) is 57.8 Å². The van der Waals surface area contributed by atoms with Crippen LogP contribution in [0.1, 0.15) is 72.3 Å². The van der Waals surface area contributed by atoms with Crippen LogP contribution >= 0.6 is 0 Å². The maximum Gasteiger partial charge on any atom is 0.148 e. The first-order valence-corrected chi connectivity index (χ1v) is 20.5. The van der Waals surface area contributed by atoms with E-state index in [0.717, 1.165) is 5.56 Å². The van der Waals surface area contributed by atoms with Crippen LogP contribution in [0, 0.1) is 6.92 Å². The first-order chi connectivity index (χ1) is 31.3. The quantitative estimate of drug-likeness (QED) is 0.0517. The summed E-state index contributed by atoms with van der Waals surface area (Å²) in [4.78, 5) is 0. The van der Waals surface area contributed by atoms with E-state index in [2.05, 4.69) is 0 Å². The third-order valence-corrected chi connectivity index (χ3v) is 11.4. The lowest BCUT2D eigenvalue weighted by Gasteiger charge is -2.35. The highest BCUT2D eigenvalue weighted by Gasteiger charge is 2.43. The summed E-state index contributed by atoms with van der Waals surface area (Å²) in [6.07, 6.45) is 0. The summed E-state index contributed by atoms with van der Waals surface area (Å²) in [6, 6.07) is 28.7. The fourth-order valence-corrected chi connectivity index (χ4v) is 8.20. The van der Waals surface area contributed by atoms with Crippen molar-refractivity contribution < 1.29 is 69.3 Å². The van der Waals surface area contributed by atoms with Crippen LogP contribution in [0.4, 0.5) is 0 Å². The minimum absolute atomic E-state index is 0.168. The van der Waals surface area contributed by atoms with Crippen molar-refractivity contribution >= 4 is 0 Å². The maximum absolute atomic E-state index is 12.6. The van der Waals surface area contributed by atoms with Crippen LogP contribution in [0.25, 0.3) is 0 Å². The average molecular weight is 895 g/mol. The highest BCUT2D eigenvalue weighted by atomic mass is 16.5. The number of hydrogen-bond donors (Lipinski definition) is 8. The second-order valence-electron chi connectivity index (χ2n) is 15.0. The normalized spacial score (nSPS) is 12.8. The molecule has 2 atom stereocenters. The van der Waals surface area contributed by atoms with Crippen LogP contribution in [0.2, 0.25) is 0 Å². The Morgan fingerprint density at radius 3 is 1.14 bits per heavy atom. The number of aliphatic hydroxyl groups is 8. The molecule has 346 valence electrons. The molecule has 0 fully saturated rings. The molecular formula is C51H58O14. The zero-order valence-electron chi connectivity index (χ0n) is 37.6. The molecule has 6 aromatic rings. The monoisotopic (exact) mass is 894 g/mol. The van der Waals surface area contributed by atoms with Crippen LogP contribution in [0.3, 0.4) is 0 Å². The van der Waals surface area contributed by atoms with Gasteiger partial charge in [-0.25, -0.2) is 0 Å². The Balaban J connectivity index is 0.000000245. The van der Waals surface area contributed by atoms with E-state index in [1.54, 1.807) is 111 Å². The van der Waals surface area contributed by atoms with Gasteiger partial charge in [0.25, 0.3) is 0 Å². The van der Waals surface area contributed by atoms with E-state index in [-0.39, 0.29) is 37.7 Å². The van der Waals surface area contributed by atoms with Gasteiger partial charge in [-0.05, 0) is 105 Å². The zero-order chi connectivity index (χ0) is 47.5. The molecular weight excluding hydrogens is 837 g/mol. The molecule has 6 rings (SSSR count). The van der Waals surface area contributed by atoms with E-state index in [0.29, 0.717) is 89.9 Å². The Labute approximate surface area is 378 Å². The highest BCUT2D eigenvalue weighted by molar-refractivity contribution is 5.63. The lowest BCUT2D eigenvalue weighted by molar-refractivity contribution is 0.112. The van der Waals surface area contributed by atoms with Gasteiger partial charge in [0.1, 0.15) is 45.7 Å². The number of hydrogen-bond acceptors (Lipinski definition) is 14. The lowest BCUT2D eigenvalue weighted by Crippen LogP contribution is -2.33. The van der Waals surface area contributed by atoms with Crippen molar-refractivity contribution in [2.24, 2.45) is 0 Å². The summed E-state index contributed by atoms with van der Waals surface area (Å²) in [5.41, 5.74) is 2.50. The average Bonchev–Trinajstić information content (AvgIpc) is 3.36. The first kappa shape index (κ1) is 49.8. The van der Waals surface area contributed by atoms with Gasteiger partial charge in [0.15, 0.2) is 0 Å². The summed E-state index contributed by atoms with van der Waals surface area (Å²) < 4.78 is 32.8. The Morgan fingerprint density at radius 2 is 0.738 bits per heavy atom. The summed E-state index contributed by atoms with van der Waals surface area (Å²) >= 11 is 0. The molecule has 14 heteroatoms. The van der Waals surface area contributed by atoms with Gasteiger partial charge in [0.2, 0.25) is 0 Å². The maximum atomic E-state index is 12.6. The second kappa shape index (κ2) is 22.1. The van der Waals surface area contributed by atoms with Crippen LogP contribution in [-0.4, -0.2) is 83.5 Å². The second-order valence-corrected chi connectivity index (χ2v) is 15.0. The molecule has 0 saturated carbocycles. The number of aryl methyl sites for hydroxylation is 1. The van der Waals surface area contributed by atoms with E-state index in [1.807, 2.05) is 13.0 Å². The zero-order valence-corrected chi connectivity index (χ0v) is 37.6. The minimum atomic E-state index is -1.97. The van der Waals surface area contributed by atoms with Crippen molar-refractivity contribution in [1.29, 1.82) is 0 Å². The lowest BCUT2D eigenvalue weighted by atomic mass is 9.75. The largest absolute Gasteiger partial charge is 0.497 e. The Kier molecular flexibility index (Phi) is 17.0. The van der Waals surface area contributed by atoms with E-state index in [4.69, 9.17) is 28.4 Å². The molecule has 65 heavy (non-hydrogen) atoms. The predicted octanol–water partition coefficient (Wildman–Crippen LogP) is 5.26. The van der Waals surface area contributed by atoms with Crippen LogP contribution in [-0.2, 0) is 50.8 Å². The molecule has 0 bridgehead atoms. The molecule has 2 unspecified atom stereocenters. The molecule has 0 aliphatic heterocycles. The van der Waals surface area contributed by atoms with Crippen LogP contribution < -0.4 is 28.4 Å². The van der Waals surface area contributed by atoms with Crippen molar-refractivity contribution in [1.82, 2.24) is 0 Å². The van der Waals surface area contributed by atoms with Gasteiger partial charge in [0.05, 0.1) is 82.3 Å². The third kappa shape index (κ3) is 9.90. The van der Waals surface area contributed by atoms with Gasteiger partial charge in [-0.15, -0.1) is 0 Å². The topological polar surface area (TPSA) is 217 Å². The van der Waals surface area contributed by atoms with E-state index in [1.165, 1.54) is 28.4 Å². The van der Waals surface area contributed by atoms with Gasteiger partial charge >= 0.3 is 0 Å². The molecule has 0 aliphatic rings. The fourth-order valence-electron chi connectivity index (χ4n) is 8.20. The number of ether oxygens (including phenoxy) is 6. The van der Waals surface area contributed by atoms with E-state index in [9.17, 15) is 40.9 Å². The summed E-state index contributed by atoms with van der Waals surface area (Å²) in [5, 5.41) is 84.3. The standard InChI is InChI=1S/C26H30O8.C25H28O6/c1-32-20-5-7-22(23(11-20)33-2)26(31,21-6-4-16(12-27)8-18(21)14-29)25-19(15-30)9-17(13-28)10-24(25)34-3;1-16-11-19(29-2)6-9-21(16)25(28,22-8-5-17(14-26)12-18(22)15-27)23-10-7-20(30-3)13-24(23)31-4/h4-11,27-31H,12-15H2,1-3H3;5-13,26-28H,14-15H2,1-4H3. The Bertz CT molecular complexity index is 2420. The fraction of sp³-hybridized carbons (Fsp3) is 0.294. The van der Waals surface area contributed by atoms with Gasteiger partial charge in [0, 0.05) is 28.8 Å². The molecule has 0 amide bonds. The Hall–Kier alpha value is -6.20. The molecule has 0 aromatic heterocycles. The van der Waals surface area contributed by atoms with Gasteiger partial charge in [-0.1, -0.05) is 48.5 Å². The van der Waals surface area contributed by atoms with E-state index < -0.39 is 24.4 Å². The van der Waals surface area contributed by atoms with Gasteiger partial charge in [-0.3, -0.25) is 0 Å². The number of benzene rings is 6. The van der Waals surface area contributed by atoms with Crippen molar-refractivity contribution in [3.63, 3.8) is 0 Å². The van der Waals surface area contributed by atoms with E-state index >= 15 is 0 Å². The summed E-state index contributed by atoms with van der Waals surface area (Å²) in [5.74, 6) is 2.73. The van der Waals surface area contributed by atoms with Gasteiger partial charge < -0.3 is 69.3 Å².